The number of carbonyl (C=O) groups is 1. The molecular formula is C13H14ClN3O. The summed E-state index contributed by atoms with van der Waals surface area (Å²) in [5, 5.41) is 1.17. The van der Waals surface area contributed by atoms with E-state index in [4.69, 9.17) is 11.6 Å². The second kappa shape index (κ2) is 4.35. The minimum Gasteiger partial charge on any atom is -0.330 e. The van der Waals surface area contributed by atoms with Crippen LogP contribution in [0.25, 0.3) is 11.0 Å². The molecule has 1 saturated carbocycles. The quantitative estimate of drug-likeness (QED) is 0.845. The zero-order valence-corrected chi connectivity index (χ0v) is 10.9. The van der Waals surface area contributed by atoms with E-state index in [1.54, 1.807) is 0 Å². The largest absolute Gasteiger partial charge is 0.330 e. The highest BCUT2D eigenvalue weighted by molar-refractivity contribution is 6.34. The topological polar surface area (TPSA) is 58.6 Å². The van der Waals surface area contributed by atoms with Crippen molar-refractivity contribution in [1.29, 1.82) is 0 Å². The van der Waals surface area contributed by atoms with Crippen LogP contribution in [-0.2, 0) is 0 Å². The van der Waals surface area contributed by atoms with E-state index in [0.29, 0.717) is 22.3 Å². The van der Waals surface area contributed by atoms with Crippen LogP contribution >= 0.6 is 11.6 Å². The van der Waals surface area contributed by atoms with Gasteiger partial charge in [-0.1, -0.05) is 24.4 Å². The number of fused-ring (bicyclic) bond motifs is 1. The first-order chi connectivity index (χ1) is 8.70. The number of hydrogen-bond acceptors (Lipinski definition) is 3. The van der Waals surface area contributed by atoms with Gasteiger partial charge in [0.25, 0.3) is 0 Å². The molecule has 4 nitrogen and oxygen atoms in total. The molecule has 2 aromatic rings. The van der Waals surface area contributed by atoms with Crippen LogP contribution in [0.4, 0.5) is 0 Å². The Morgan fingerprint density at radius 1 is 1.33 bits per heavy atom. The van der Waals surface area contributed by atoms with Crippen molar-refractivity contribution in [1.82, 2.24) is 15.0 Å². The van der Waals surface area contributed by atoms with Crippen molar-refractivity contribution in [2.45, 2.75) is 38.5 Å². The van der Waals surface area contributed by atoms with Crippen LogP contribution in [0.2, 0.25) is 5.15 Å². The van der Waals surface area contributed by atoms with Crippen molar-refractivity contribution in [2.24, 2.45) is 0 Å². The molecule has 0 saturated heterocycles. The Kier molecular flexibility index (Phi) is 2.82. The number of aryl methyl sites for hydroxylation is 1. The SMILES string of the molecule is Cc1nc(C2CCCC2)c2c(C=O)c(Cl)[nH]c2n1. The number of hydrogen-bond donors (Lipinski definition) is 1. The van der Waals surface area contributed by atoms with E-state index in [1.807, 2.05) is 6.92 Å². The summed E-state index contributed by atoms with van der Waals surface area (Å²) < 4.78 is 0. The van der Waals surface area contributed by atoms with Gasteiger partial charge in [-0.05, 0) is 19.8 Å². The van der Waals surface area contributed by atoms with Gasteiger partial charge < -0.3 is 4.98 Å². The van der Waals surface area contributed by atoms with Crippen molar-refractivity contribution in [2.75, 3.05) is 0 Å². The van der Waals surface area contributed by atoms with Crippen LogP contribution < -0.4 is 0 Å². The molecule has 0 unspecified atom stereocenters. The molecule has 0 radical (unpaired) electrons. The summed E-state index contributed by atoms with van der Waals surface area (Å²) in [5.41, 5.74) is 2.16. The smallest absolute Gasteiger partial charge is 0.153 e. The average molecular weight is 264 g/mol. The van der Waals surface area contributed by atoms with Gasteiger partial charge in [0.15, 0.2) is 6.29 Å². The van der Waals surface area contributed by atoms with E-state index in [0.717, 1.165) is 36.0 Å². The second-order valence-electron chi connectivity index (χ2n) is 4.83. The number of rotatable bonds is 2. The fourth-order valence-corrected chi connectivity index (χ4v) is 3.07. The van der Waals surface area contributed by atoms with Gasteiger partial charge >= 0.3 is 0 Å². The third-order valence-corrected chi connectivity index (χ3v) is 3.94. The molecule has 2 heterocycles. The molecule has 94 valence electrons. The molecule has 0 atom stereocenters. The molecule has 1 aliphatic carbocycles. The summed E-state index contributed by atoms with van der Waals surface area (Å²) >= 11 is 6.04. The van der Waals surface area contributed by atoms with Gasteiger partial charge in [-0.15, -0.1) is 0 Å². The van der Waals surface area contributed by atoms with Gasteiger partial charge in [0.1, 0.15) is 16.6 Å². The summed E-state index contributed by atoms with van der Waals surface area (Å²) in [4.78, 5) is 23.0. The van der Waals surface area contributed by atoms with Crippen LogP contribution in [0.15, 0.2) is 0 Å². The molecule has 3 rings (SSSR count). The van der Waals surface area contributed by atoms with E-state index in [1.165, 1.54) is 12.8 Å². The number of aromatic nitrogens is 3. The lowest BCUT2D eigenvalue weighted by atomic mass is 9.99. The lowest BCUT2D eigenvalue weighted by Gasteiger charge is -2.10. The maximum Gasteiger partial charge on any atom is 0.153 e. The molecule has 0 aromatic carbocycles. The number of aldehydes is 1. The van der Waals surface area contributed by atoms with Gasteiger partial charge in [0, 0.05) is 5.92 Å². The average Bonchev–Trinajstić information content (AvgIpc) is 2.94. The highest BCUT2D eigenvalue weighted by Crippen LogP contribution is 2.38. The molecule has 5 heteroatoms. The molecule has 18 heavy (non-hydrogen) atoms. The van der Waals surface area contributed by atoms with Crippen LogP contribution in [0, 0.1) is 6.92 Å². The van der Waals surface area contributed by atoms with E-state index >= 15 is 0 Å². The first kappa shape index (κ1) is 11.7. The molecule has 1 fully saturated rings. The summed E-state index contributed by atoms with van der Waals surface area (Å²) in [7, 11) is 0. The molecular weight excluding hydrogens is 250 g/mol. The summed E-state index contributed by atoms with van der Waals surface area (Å²) in [5.74, 6) is 1.15. The van der Waals surface area contributed by atoms with Crippen LogP contribution in [0.3, 0.4) is 0 Å². The fourth-order valence-electron chi connectivity index (χ4n) is 2.84. The van der Waals surface area contributed by atoms with Crippen molar-refractivity contribution in [3.05, 3.63) is 22.2 Å². The Balaban J connectivity index is 2.30. The number of halogens is 1. The Morgan fingerprint density at radius 3 is 2.72 bits per heavy atom. The van der Waals surface area contributed by atoms with Crippen LogP contribution in [-0.4, -0.2) is 21.2 Å². The predicted molar refractivity (Wildman–Crippen MR) is 70.2 cm³/mol. The number of nitrogens with one attached hydrogen (secondary N) is 1. The third-order valence-electron chi connectivity index (χ3n) is 3.64. The first-order valence-corrected chi connectivity index (χ1v) is 6.59. The molecule has 0 aliphatic heterocycles. The minimum absolute atomic E-state index is 0.360. The molecule has 0 bridgehead atoms. The second-order valence-corrected chi connectivity index (χ2v) is 5.21. The number of carbonyl (C=O) groups excluding carboxylic acids is 1. The lowest BCUT2D eigenvalue weighted by molar-refractivity contribution is 0.112. The summed E-state index contributed by atoms with van der Waals surface area (Å²) in [6.07, 6.45) is 5.51. The van der Waals surface area contributed by atoms with Crippen molar-refractivity contribution in [3.8, 4) is 0 Å². The fraction of sp³-hybridized carbons (Fsp3) is 0.462. The summed E-state index contributed by atoms with van der Waals surface area (Å²) in [6.45, 7) is 1.87. The van der Waals surface area contributed by atoms with E-state index < -0.39 is 0 Å². The molecule has 1 N–H and O–H groups in total. The first-order valence-electron chi connectivity index (χ1n) is 6.21. The molecule has 1 aliphatic rings. The Hall–Kier alpha value is -1.42. The highest BCUT2D eigenvalue weighted by Gasteiger charge is 2.24. The molecule has 0 amide bonds. The predicted octanol–water partition coefficient (Wildman–Crippen LogP) is 3.39. The van der Waals surface area contributed by atoms with Gasteiger partial charge in [0.2, 0.25) is 0 Å². The van der Waals surface area contributed by atoms with Crippen molar-refractivity contribution in [3.63, 3.8) is 0 Å². The zero-order chi connectivity index (χ0) is 12.7. The molecule has 2 aromatic heterocycles. The molecule has 0 spiro atoms. The normalized spacial score (nSPS) is 16.6. The van der Waals surface area contributed by atoms with E-state index in [2.05, 4.69) is 15.0 Å². The zero-order valence-electron chi connectivity index (χ0n) is 10.2. The van der Waals surface area contributed by atoms with Crippen molar-refractivity contribution < 1.29 is 4.79 Å². The Bertz CT molecular complexity index is 614. The van der Waals surface area contributed by atoms with Crippen LogP contribution in [0.5, 0.6) is 0 Å². The van der Waals surface area contributed by atoms with Gasteiger partial charge in [0.05, 0.1) is 16.6 Å². The maximum absolute atomic E-state index is 11.2. The highest BCUT2D eigenvalue weighted by atomic mass is 35.5. The van der Waals surface area contributed by atoms with Gasteiger partial charge in [-0.3, -0.25) is 4.79 Å². The monoisotopic (exact) mass is 263 g/mol. The van der Waals surface area contributed by atoms with E-state index in [9.17, 15) is 4.79 Å². The van der Waals surface area contributed by atoms with Gasteiger partial charge in [-0.2, -0.15) is 0 Å². The van der Waals surface area contributed by atoms with Crippen LogP contribution in [0.1, 0.15) is 53.5 Å². The third kappa shape index (κ3) is 1.72. The lowest BCUT2D eigenvalue weighted by Crippen LogP contribution is -2.02. The number of H-pyrrole nitrogens is 1. The number of nitrogens with zero attached hydrogens (tertiary/aromatic N) is 2. The van der Waals surface area contributed by atoms with Crippen molar-refractivity contribution >= 4 is 28.9 Å². The number of aromatic amines is 1. The standard InChI is InChI=1S/C13H14ClN3O/c1-7-15-11(8-4-2-3-5-8)10-9(6-18)12(14)17-13(10)16-7/h6,8H,2-5H2,1H3,(H,15,16,17). The van der Waals surface area contributed by atoms with E-state index in [-0.39, 0.29) is 0 Å². The Labute approximate surface area is 110 Å². The Morgan fingerprint density at radius 2 is 2.06 bits per heavy atom. The maximum atomic E-state index is 11.2. The minimum atomic E-state index is 0.360. The van der Waals surface area contributed by atoms with Gasteiger partial charge in [-0.25, -0.2) is 9.97 Å². The summed E-state index contributed by atoms with van der Waals surface area (Å²) in [6, 6.07) is 0.